The number of ether oxygens (including phenoxy) is 1. The summed E-state index contributed by atoms with van der Waals surface area (Å²) in [5, 5.41) is 0. The van der Waals surface area contributed by atoms with Crippen molar-refractivity contribution in [1.29, 1.82) is 0 Å². The molecule has 0 amide bonds. The maximum Gasteiger partial charge on any atom is 0.323 e. The standard InChI is InChI=1S/C8H16N2O2/c1-12-8(11)7-3-2-5-10(7)6-4-9/h7H,2-6,9H2,1H3/t7-/m1/s1. The van der Waals surface area contributed by atoms with Crippen LogP contribution in [0.1, 0.15) is 12.8 Å². The van der Waals surface area contributed by atoms with Crippen molar-refractivity contribution in [3.63, 3.8) is 0 Å². The number of nitrogens with zero attached hydrogens (tertiary/aromatic N) is 1. The highest BCUT2D eigenvalue weighted by molar-refractivity contribution is 5.75. The molecule has 0 aromatic heterocycles. The van der Waals surface area contributed by atoms with E-state index >= 15 is 0 Å². The normalized spacial score (nSPS) is 24.3. The van der Waals surface area contributed by atoms with E-state index in [1.54, 1.807) is 0 Å². The van der Waals surface area contributed by atoms with Gasteiger partial charge in [-0.1, -0.05) is 0 Å². The summed E-state index contributed by atoms with van der Waals surface area (Å²) in [6.45, 7) is 2.37. The minimum atomic E-state index is -0.124. The second-order valence-electron chi connectivity index (χ2n) is 3.01. The van der Waals surface area contributed by atoms with Gasteiger partial charge in [-0.3, -0.25) is 9.69 Å². The molecule has 1 aliphatic rings. The van der Waals surface area contributed by atoms with Crippen molar-refractivity contribution in [2.45, 2.75) is 18.9 Å². The van der Waals surface area contributed by atoms with Crippen LogP contribution in [0.25, 0.3) is 0 Å². The topological polar surface area (TPSA) is 55.6 Å². The molecule has 0 bridgehead atoms. The lowest BCUT2D eigenvalue weighted by Crippen LogP contribution is -2.39. The Morgan fingerprint density at radius 2 is 2.50 bits per heavy atom. The van der Waals surface area contributed by atoms with E-state index in [1.165, 1.54) is 7.11 Å². The van der Waals surface area contributed by atoms with Crippen LogP contribution in [0.5, 0.6) is 0 Å². The van der Waals surface area contributed by atoms with E-state index in [0.717, 1.165) is 25.9 Å². The van der Waals surface area contributed by atoms with Gasteiger partial charge in [0.2, 0.25) is 0 Å². The lowest BCUT2D eigenvalue weighted by Gasteiger charge is -2.20. The summed E-state index contributed by atoms with van der Waals surface area (Å²) in [7, 11) is 1.43. The Morgan fingerprint density at radius 3 is 3.08 bits per heavy atom. The van der Waals surface area contributed by atoms with Gasteiger partial charge in [0.25, 0.3) is 0 Å². The summed E-state index contributed by atoms with van der Waals surface area (Å²) in [5.74, 6) is -0.124. The molecule has 0 saturated carbocycles. The maximum absolute atomic E-state index is 11.2. The van der Waals surface area contributed by atoms with Crippen LogP contribution in [-0.4, -0.2) is 43.7 Å². The van der Waals surface area contributed by atoms with Gasteiger partial charge in [0.15, 0.2) is 0 Å². The number of rotatable bonds is 3. The fourth-order valence-corrected chi connectivity index (χ4v) is 1.66. The molecule has 1 atom stereocenters. The number of carbonyl (C=O) groups excluding carboxylic acids is 1. The van der Waals surface area contributed by atoms with Gasteiger partial charge in [0.05, 0.1) is 7.11 Å². The van der Waals surface area contributed by atoms with Crippen molar-refractivity contribution in [1.82, 2.24) is 4.90 Å². The van der Waals surface area contributed by atoms with E-state index in [1.807, 2.05) is 0 Å². The van der Waals surface area contributed by atoms with Crippen LogP contribution < -0.4 is 5.73 Å². The summed E-state index contributed by atoms with van der Waals surface area (Å²) in [5.41, 5.74) is 5.42. The minimum absolute atomic E-state index is 0.0430. The molecule has 1 saturated heterocycles. The van der Waals surface area contributed by atoms with E-state index in [-0.39, 0.29) is 12.0 Å². The molecule has 4 nitrogen and oxygen atoms in total. The highest BCUT2D eigenvalue weighted by Gasteiger charge is 2.30. The summed E-state index contributed by atoms with van der Waals surface area (Å²) in [6, 6.07) is -0.0430. The molecule has 0 spiro atoms. The first kappa shape index (κ1) is 9.48. The van der Waals surface area contributed by atoms with Gasteiger partial charge in [-0.15, -0.1) is 0 Å². The molecule has 1 rings (SSSR count). The lowest BCUT2D eigenvalue weighted by molar-refractivity contribution is -0.145. The SMILES string of the molecule is COC(=O)[C@H]1CCCN1CCN. The van der Waals surface area contributed by atoms with E-state index in [2.05, 4.69) is 9.64 Å². The van der Waals surface area contributed by atoms with Crippen LogP contribution in [0.2, 0.25) is 0 Å². The van der Waals surface area contributed by atoms with Crippen molar-refractivity contribution in [3.05, 3.63) is 0 Å². The first-order valence-corrected chi connectivity index (χ1v) is 4.31. The Morgan fingerprint density at radius 1 is 1.75 bits per heavy atom. The third-order valence-electron chi connectivity index (χ3n) is 2.25. The molecule has 1 fully saturated rings. The predicted octanol–water partition coefficient (Wildman–Crippen LogP) is -0.417. The van der Waals surface area contributed by atoms with Gasteiger partial charge in [-0.25, -0.2) is 0 Å². The number of esters is 1. The van der Waals surface area contributed by atoms with Gasteiger partial charge >= 0.3 is 5.97 Å². The lowest BCUT2D eigenvalue weighted by atomic mass is 10.2. The van der Waals surface area contributed by atoms with Crippen molar-refractivity contribution in [2.24, 2.45) is 5.73 Å². The zero-order valence-corrected chi connectivity index (χ0v) is 7.45. The van der Waals surface area contributed by atoms with Gasteiger partial charge in [0, 0.05) is 13.1 Å². The Balaban J connectivity index is 2.45. The molecule has 0 aliphatic carbocycles. The van der Waals surface area contributed by atoms with E-state index in [0.29, 0.717) is 6.54 Å². The predicted molar refractivity (Wildman–Crippen MR) is 45.7 cm³/mol. The van der Waals surface area contributed by atoms with Crippen LogP contribution in [0, 0.1) is 0 Å². The summed E-state index contributed by atoms with van der Waals surface area (Å²) in [4.78, 5) is 13.3. The van der Waals surface area contributed by atoms with Gasteiger partial charge in [-0.05, 0) is 19.4 Å². The van der Waals surface area contributed by atoms with Crippen LogP contribution in [-0.2, 0) is 9.53 Å². The molecule has 1 aliphatic heterocycles. The van der Waals surface area contributed by atoms with Crippen LogP contribution in [0.4, 0.5) is 0 Å². The Labute approximate surface area is 72.7 Å². The van der Waals surface area contributed by atoms with Gasteiger partial charge < -0.3 is 10.5 Å². The molecule has 70 valence electrons. The molecule has 12 heavy (non-hydrogen) atoms. The number of likely N-dealkylation sites (tertiary alicyclic amines) is 1. The second-order valence-corrected chi connectivity index (χ2v) is 3.01. The number of carbonyl (C=O) groups is 1. The molecular formula is C8H16N2O2. The highest BCUT2D eigenvalue weighted by Crippen LogP contribution is 2.17. The van der Waals surface area contributed by atoms with Crippen LogP contribution in [0.15, 0.2) is 0 Å². The highest BCUT2D eigenvalue weighted by atomic mass is 16.5. The number of hydrogen-bond donors (Lipinski definition) is 1. The molecule has 0 unspecified atom stereocenters. The van der Waals surface area contributed by atoms with Crippen LogP contribution in [0.3, 0.4) is 0 Å². The van der Waals surface area contributed by atoms with Crippen molar-refractivity contribution < 1.29 is 9.53 Å². The molecule has 1 heterocycles. The third kappa shape index (κ3) is 1.95. The Bertz CT molecular complexity index is 161. The molecule has 4 heteroatoms. The zero-order valence-electron chi connectivity index (χ0n) is 7.45. The summed E-state index contributed by atoms with van der Waals surface area (Å²) >= 11 is 0. The van der Waals surface area contributed by atoms with E-state index in [4.69, 9.17) is 5.73 Å². The van der Waals surface area contributed by atoms with Gasteiger partial charge in [-0.2, -0.15) is 0 Å². The summed E-state index contributed by atoms with van der Waals surface area (Å²) in [6.07, 6.45) is 1.98. The first-order valence-electron chi connectivity index (χ1n) is 4.31. The molecule has 0 aromatic carbocycles. The molecule has 0 aromatic rings. The fraction of sp³-hybridized carbons (Fsp3) is 0.875. The maximum atomic E-state index is 11.2. The second kappa shape index (κ2) is 4.42. The van der Waals surface area contributed by atoms with Crippen molar-refractivity contribution in [2.75, 3.05) is 26.7 Å². The van der Waals surface area contributed by atoms with Crippen molar-refractivity contribution >= 4 is 5.97 Å². The third-order valence-corrected chi connectivity index (χ3v) is 2.25. The van der Waals surface area contributed by atoms with E-state index in [9.17, 15) is 4.79 Å². The molecular weight excluding hydrogens is 156 g/mol. The number of hydrogen-bond acceptors (Lipinski definition) is 4. The Kier molecular flexibility index (Phi) is 3.49. The number of methoxy groups -OCH3 is 1. The van der Waals surface area contributed by atoms with Gasteiger partial charge in [0.1, 0.15) is 6.04 Å². The largest absolute Gasteiger partial charge is 0.468 e. The average Bonchev–Trinajstić information content (AvgIpc) is 2.52. The van der Waals surface area contributed by atoms with Crippen molar-refractivity contribution in [3.8, 4) is 0 Å². The zero-order chi connectivity index (χ0) is 8.97. The minimum Gasteiger partial charge on any atom is -0.468 e. The summed E-state index contributed by atoms with van der Waals surface area (Å²) < 4.78 is 4.69. The quantitative estimate of drug-likeness (QED) is 0.588. The molecule has 0 radical (unpaired) electrons. The average molecular weight is 172 g/mol. The Hall–Kier alpha value is -0.610. The first-order chi connectivity index (χ1) is 5.79. The smallest absolute Gasteiger partial charge is 0.323 e. The van der Waals surface area contributed by atoms with Crippen LogP contribution >= 0.6 is 0 Å². The number of nitrogens with two attached hydrogens (primary N) is 1. The fourth-order valence-electron chi connectivity index (χ4n) is 1.66. The monoisotopic (exact) mass is 172 g/mol. The molecule has 2 N–H and O–H groups in total. The van der Waals surface area contributed by atoms with E-state index < -0.39 is 0 Å².